The number of aromatic nitrogens is 4. The molecule has 0 bridgehead atoms. The summed E-state index contributed by atoms with van der Waals surface area (Å²) in [5.41, 5.74) is 2.60. The fourth-order valence-electron chi connectivity index (χ4n) is 2.46. The van der Waals surface area contributed by atoms with E-state index in [0.29, 0.717) is 5.39 Å². The SMILES string of the molecule is CCCCCn1[nH]c(=O)c2cc(-c3ccncc3)cnc21. The van der Waals surface area contributed by atoms with Gasteiger partial charge in [0, 0.05) is 30.7 Å². The highest BCUT2D eigenvalue weighted by atomic mass is 16.1. The van der Waals surface area contributed by atoms with Crippen molar-refractivity contribution in [3.05, 3.63) is 47.1 Å². The third-order valence-electron chi connectivity index (χ3n) is 3.60. The van der Waals surface area contributed by atoms with E-state index in [1.54, 1.807) is 18.6 Å². The van der Waals surface area contributed by atoms with Crippen LogP contribution < -0.4 is 5.56 Å². The van der Waals surface area contributed by atoms with Crippen LogP contribution >= 0.6 is 0 Å². The molecule has 3 heterocycles. The Balaban J connectivity index is 1.99. The van der Waals surface area contributed by atoms with E-state index in [-0.39, 0.29) is 5.56 Å². The molecule has 5 heteroatoms. The number of hydrogen-bond acceptors (Lipinski definition) is 3. The summed E-state index contributed by atoms with van der Waals surface area (Å²) >= 11 is 0. The molecule has 1 N–H and O–H groups in total. The average Bonchev–Trinajstić information content (AvgIpc) is 2.84. The fraction of sp³-hybridized carbons (Fsp3) is 0.312. The molecule has 3 aromatic heterocycles. The summed E-state index contributed by atoms with van der Waals surface area (Å²) in [6.45, 7) is 2.96. The molecule has 0 saturated heterocycles. The highest BCUT2D eigenvalue weighted by molar-refractivity contribution is 5.80. The van der Waals surface area contributed by atoms with Gasteiger partial charge < -0.3 is 0 Å². The topological polar surface area (TPSA) is 63.6 Å². The molecule has 0 aromatic carbocycles. The van der Waals surface area contributed by atoms with Crippen LogP contribution in [-0.2, 0) is 6.54 Å². The van der Waals surface area contributed by atoms with Gasteiger partial charge in [0.15, 0.2) is 5.65 Å². The van der Waals surface area contributed by atoms with Gasteiger partial charge in [0.1, 0.15) is 0 Å². The van der Waals surface area contributed by atoms with Crippen molar-refractivity contribution in [3.8, 4) is 11.1 Å². The van der Waals surface area contributed by atoms with Crippen LogP contribution in [0.3, 0.4) is 0 Å². The first-order valence-corrected chi connectivity index (χ1v) is 7.28. The van der Waals surface area contributed by atoms with E-state index in [1.807, 2.05) is 22.9 Å². The van der Waals surface area contributed by atoms with Gasteiger partial charge in [-0.2, -0.15) is 0 Å². The van der Waals surface area contributed by atoms with Crippen LogP contribution in [0.5, 0.6) is 0 Å². The maximum Gasteiger partial charge on any atom is 0.273 e. The molecule has 21 heavy (non-hydrogen) atoms. The number of H-pyrrole nitrogens is 1. The Bertz CT molecular complexity index is 789. The second-order valence-corrected chi connectivity index (χ2v) is 5.13. The predicted molar refractivity (Wildman–Crippen MR) is 83.1 cm³/mol. The van der Waals surface area contributed by atoms with Gasteiger partial charge in [-0.3, -0.25) is 19.6 Å². The number of aryl methyl sites for hydroxylation is 1. The number of unbranched alkanes of at least 4 members (excludes halogenated alkanes) is 2. The first kappa shape index (κ1) is 13.5. The number of nitrogens with one attached hydrogen (secondary N) is 1. The van der Waals surface area contributed by atoms with Crippen LogP contribution in [0.25, 0.3) is 22.2 Å². The lowest BCUT2D eigenvalue weighted by Crippen LogP contribution is -2.06. The molecular formula is C16H18N4O. The van der Waals surface area contributed by atoms with Crippen molar-refractivity contribution in [3.63, 3.8) is 0 Å². The normalized spacial score (nSPS) is 11.1. The molecule has 5 nitrogen and oxygen atoms in total. The van der Waals surface area contributed by atoms with Gasteiger partial charge in [0.25, 0.3) is 5.56 Å². The van der Waals surface area contributed by atoms with Crippen LogP contribution in [0.1, 0.15) is 26.2 Å². The lowest BCUT2D eigenvalue weighted by atomic mass is 10.1. The van der Waals surface area contributed by atoms with Crippen molar-refractivity contribution in [1.82, 2.24) is 19.7 Å². The molecule has 0 fully saturated rings. The number of rotatable bonds is 5. The molecule has 0 atom stereocenters. The van der Waals surface area contributed by atoms with Gasteiger partial charge in [-0.1, -0.05) is 19.8 Å². The zero-order valence-electron chi connectivity index (χ0n) is 12.0. The summed E-state index contributed by atoms with van der Waals surface area (Å²) < 4.78 is 1.85. The summed E-state index contributed by atoms with van der Waals surface area (Å²) in [6.07, 6.45) is 8.63. The maximum absolute atomic E-state index is 12.1. The summed E-state index contributed by atoms with van der Waals surface area (Å²) in [5.74, 6) is 0. The molecule has 3 rings (SSSR count). The number of pyridine rings is 2. The van der Waals surface area contributed by atoms with Crippen molar-refractivity contribution in [1.29, 1.82) is 0 Å². The van der Waals surface area contributed by atoms with Crippen LogP contribution in [0.15, 0.2) is 41.6 Å². The second kappa shape index (κ2) is 5.91. The first-order valence-electron chi connectivity index (χ1n) is 7.28. The highest BCUT2D eigenvalue weighted by Crippen LogP contribution is 2.20. The van der Waals surface area contributed by atoms with Crippen molar-refractivity contribution in [2.45, 2.75) is 32.7 Å². The van der Waals surface area contributed by atoms with Crippen molar-refractivity contribution in [2.24, 2.45) is 0 Å². The average molecular weight is 282 g/mol. The number of hydrogen-bond donors (Lipinski definition) is 1. The smallest absolute Gasteiger partial charge is 0.267 e. The van der Waals surface area contributed by atoms with Gasteiger partial charge in [-0.05, 0) is 30.2 Å². The van der Waals surface area contributed by atoms with Crippen LogP contribution in [0.4, 0.5) is 0 Å². The molecule has 0 spiro atoms. The van der Waals surface area contributed by atoms with Crippen molar-refractivity contribution < 1.29 is 0 Å². The minimum Gasteiger partial charge on any atom is -0.267 e. The number of aromatic amines is 1. The second-order valence-electron chi connectivity index (χ2n) is 5.13. The number of fused-ring (bicyclic) bond motifs is 1. The standard InChI is InChI=1S/C16H18N4O/c1-2-3-4-9-20-15-14(16(21)19-20)10-13(11-18-15)12-5-7-17-8-6-12/h5-8,10-11H,2-4,9H2,1H3,(H,19,21). The van der Waals surface area contributed by atoms with Crippen LogP contribution in [0, 0.1) is 0 Å². The zero-order chi connectivity index (χ0) is 14.7. The van der Waals surface area contributed by atoms with Gasteiger partial charge in [0.2, 0.25) is 0 Å². The Kier molecular flexibility index (Phi) is 3.81. The first-order chi connectivity index (χ1) is 10.3. The summed E-state index contributed by atoms with van der Waals surface area (Å²) in [4.78, 5) is 20.6. The molecule has 0 amide bonds. The van der Waals surface area contributed by atoms with E-state index < -0.39 is 0 Å². The third-order valence-corrected chi connectivity index (χ3v) is 3.60. The minimum atomic E-state index is -0.0788. The monoisotopic (exact) mass is 282 g/mol. The van der Waals surface area contributed by atoms with E-state index in [9.17, 15) is 4.79 Å². The van der Waals surface area contributed by atoms with E-state index in [0.717, 1.165) is 42.6 Å². The van der Waals surface area contributed by atoms with Gasteiger partial charge in [-0.25, -0.2) is 4.98 Å². The summed E-state index contributed by atoms with van der Waals surface area (Å²) in [6, 6.07) is 5.72. The van der Waals surface area contributed by atoms with E-state index in [1.165, 1.54) is 0 Å². The highest BCUT2D eigenvalue weighted by Gasteiger charge is 2.09. The molecule has 0 radical (unpaired) electrons. The van der Waals surface area contributed by atoms with Crippen molar-refractivity contribution >= 4 is 11.0 Å². The van der Waals surface area contributed by atoms with Gasteiger partial charge >= 0.3 is 0 Å². The van der Waals surface area contributed by atoms with Gasteiger partial charge in [-0.15, -0.1) is 0 Å². The Hall–Kier alpha value is -2.43. The third kappa shape index (κ3) is 2.72. The lowest BCUT2D eigenvalue weighted by molar-refractivity contribution is 0.560. The Morgan fingerprint density at radius 1 is 1.19 bits per heavy atom. The molecule has 0 aliphatic carbocycles. The molecule has 0 aliphatic rings. The van der Waals surface area contributed by atoms with Gasteiger partial charge in [0.05, 0.1) is 5.39 Å². The molecule has 0 unspecified atom stereocenters. The summed E-state index contributed by atoms with van der Waals surface area (Å²) in [5, 5.41) is 3.52. The Morgan fingerprint density at radius 2 is 2.00 bits per heavy atom. The Morgan fingerprint density at radius 3 is 2.76 bits per heavy atom. The molecule has 108 valence electrons. The lowest BCUT2D eigenvalue weighted by Gasteiger charge is -2.04. The fourth-order valence-corrected chi connectivity index (χ4v) is 2.46. The van der Waals surface area contributed by atoms with Crippen LogP contribution in [-0.4, -0.2) is 19.7 Å². The van der Waals surface area contributed by atoms with Crippen molar-refractivity contribution in [2.75, 3.05) is 0 Å². The van der Waals surface area contributed by atoms with Crippen LogP contribution in [0.2, 0.25) is 0 Å². The Labute approximate surface area is 122 Å². The van der Waals surface area contributed by atoms with E-state index >= 15 is 0 Å². The predicted octanol–water partition coefficient (Wildman–Crippen LogP) is 2.98. The maximum atomic E-state index is 12.1. The summed E-state index contributed by atoms with van der Waals surface area (Å²) in [7, 11) is 0. The van der Waals surface area contributed by atoms with E-state index in [2.05, 4.69) is 22.0 Å². The minimum absolute atomic E-state index is 0.0788. The largest absolute Gasteiger partial charge is 0.273 e. The molecular weight excluding hydrogens is 264 g/mol. The number of nitrogens with zero attached hydrogens (tertiary/aromatic N) is 3. The quantitative estimate of drug-likeness (QED) is 0.732. The zero-order valence-corrected chi connectivity index (χ0v) is 12.0. The molecule has 0 saturated carbocycles. The molecule has 0 aliphatic heterocycles. The van der Waals surface area contributed by atoms with E-state index in [4.69, 9.17) is 0 Å². The molecule has 3 aromatic rings.